The zero-order valence-corrected chi connectivity index (χ0v) is 4.16. The van der Waals surface area contributed by atoms with E-state index in [0.29, 0.717) is 5.82 Å². The van der Waals surface area contributed by atoms with E-state index < -0.39 is 0 Å². The van der Waals surface area contributed by atoms with E-state index in [4.69, 9.17) is 5.73 Å². The SMILES string of the molecule is C=Cc1noc(N)n1. The van der Waals surface area contributed by atoms with E-state index in [-0.39, 0.29) is 6.01 Å². The summed E-state index contributed by atoms with van der Waals surface area (Å²) >= 11 is 0. The molecular weight excluding hydrogens is 106 g/mol. The van der Waals surface area contributed by atoms with Crippen LogP contribution in [0.15, 0.2) is 11.1 Å². The van der Waals surface area contributed by atoms with Gasteiger partial charge in [0.1, 0.15) is 0 Å². The molecule has 0 aliphatic rings. The number of anilines is 1. The molecule has 8 heavy (non-hydrogen) atoms. The molecule has 42 valence electrons. The molecule has 0 aliphatic heterocycles. The summed E-state index contributed by atoms with van der Waals surface area (Å²) in [5.41, 5.74) is 5.07. The van der Waals surface area contributed by atoms with Gasteiger partial charge in [0.2, 0.25) is 0 Å². The smallest absolute Gasteiger partial charge is 0.319 e. The van der Waals surface area contributed by atoms with Crippen molar-refractivity contribution in [1.29, 1.82) is 0 Å². The molecule has 1 aromatic heterocycles. The van der Waals surface area contributed by atoms with Gasteiger partial charge in [0.15, 0.2) is 5.82 Å². The monoisotopic (exact) mass is 111 g/mol. The second-order valence-corrected chi connectivity index (χ2v) is 1.19. The first-order valence-corrected chi connectivity index (χ1v) is 2.04. The zero-order chi connectivity index (χ0) is 5.98. The van der Waals surface area contributed by atoms with Crippen molar-refractivity contribution in [1.82, 2.24) is 10.1 Å². The topological polar surface area (TPSA) is 64.9 Å². The van der Waals surface area contributed by atoms with Crippen LogP contribution in [0, 0.1) is 0 Å². The standard InChI is InChI=1S/C4H5N3O/c1-2-3-6-4(5)8-7-3/h2H,1H2,(H2,5,6,7). The van der Waals surface area contributed by atoms with Crippen molar-refractivity contribution in [2.24, 2.45) is 0 Å². The van der Waals surface area contributed by atoms with Gasteiger partial charge in [-0.05, 0) is 6.08 Å². The van der Waals surface area contributed by atoms with Crippen molar-refractivity contribution >= 4 is 12.1 Å². The summed E-state index contributed by atoms with van der Waals surface area (Å²) < 4.78 is 4.40. The van der Waals surface area contributed by atoms with Gasteiger partial charge in [0.05, 0.1) is 0 Å². The van der Waals surface area contributed by atoms with Crippen molar-refractivity contribution in [3.8, 4) is 0 Å². The minimum Gasteiger partial charge on any atom is -0.351 e. The lowest BCUT2D eigenvalue weighted by atomic mass is 10.6. The Morgan fingerprint density at radius 2 is 2.50 bits per heavy atom. The number of hydrogen-bond acceptors (Lipinski definition) is 4. The van der Waals surface area contributed by atoms with Crippen LogP contribution in [0.2, 0.25) is 0 Å². The largest absolute Gasteiger partial charge is 0.351 e. The first kappa shape index (κ1) is 4.83. The molecule has 0 saturated carbocycles. The van der Waals surface area contributed by atoms with Gasteiger partial charge >= 0.3 is 6.01 Å². The third-order valence-electron chi connectivity index (χ3n) is 0.640. The van der Waals surface area contributed by atoms with E-state index >= 15 is 0 Å². The van der Waals surface area contributed by atoms with Gasteiger partial charge in [-0.2, -0.15) is 4.98 Å². The molecule has 0 fully saturated rings. The second-order valence-electron chi connectivity index (χ2n) is 1.19. The molecule has 0 amide bonds. The van der Waals surface area contributed by atoms with Gasteiger partial charge in [0.25, 0.3) is 0 Å². The maximum Gasteiger partial charge on any atom is 0.319 e. The van der Waals surface area contributed by atoms with Gasteiger partial charge in [-0.15, -0.1) is 0 Å². The Bertz CT molecular complexity index is 193. The van der Waals surface area contributed by atoms with Crippen LogP contribution in [-0.2, 0) is 0 Å². The number of nitrogen functional groups attached to an aromatic ring is 1. The minimum absolute atomic E-state index is 0.0694. The second kappa shape index (κ2) is 1.65. The summed E-state index contributed by atoms with van der Waals surface area (Å²) in [5.74, 6) is 0.419. The Balaban J connectivity index is 3.00. The predicted octanol–water partition coefficient (Wildman–Crippen LogP) is 0.295. The van der Waals surface area contributed by atoms with Crippen molar-refractivity contribution in [3.05, 3.63) is 12.4 Å². The average Bonchev–Trinajstić information content (AvgIpc) is 2.14. The van der Waals surface area contributed by atoms with Crippen LogP contribution in [0.1, 0.15) is 5.82 Å². The zero-order valence-electron chi connectivity index (χ0n) is 4.16. The van der Waals surface area contributed by atoms with Gasteiger partial charge in [-0.1, -0.05) is 11.7 Å². The molecule has 0 saturated heterocycles. The molecule has 4 heteroatoms. The molecule has 1 heterocycles. The molecule has 2 N–H and O–H groups in total. The van der Waals surface area contributed by atoms with Crippen LogP contribution in [0.3, 0.4) is 0 Å². The summed E-state index contributed by atoms with van der Waals surface area (Å²) in [6.07, 6.45) is 1.46. The number of rotatable bonds is 1. The third kappa shape index (κ3) is 0.676. The van der Waals surface area contributed by atoms with E-state index in [1.807, 2.05) is 0 Å². The number of nitrogens with zero attached hydrogens (tertiary/aromatic N) is 2. The number of aromatic nitrogens is 2. The lowest BCUT2D eigenvalue weighted by molar-refractivity contribution is 0.433. The Labute approximate surface area is 46.0 Å². The first-order valence-electron chi connectivity index (χ1n) is 2.04. The Morgan fingerprint density at radius 1 is 1.75 bits per heavy atom. The normalized spacial score (nSPS) is 9.00. The van der Waals surface area contributed by atoms with E-state index in [1.165, 1.54) is 6.08 Å². The van der Waals surface area contributed by atoms with Crippen LogP contribution in [-0.4, -0.2) is 10.1 Å². The highest BCUT2D eigenvalue weighted by molar-refractivity contribution is 5.36. The van der Waals surface area contributed by atoms with E-state index in [9.17, 15) is 0 Å². The summed E-state index contributed by atoms with van der Waals surface area (Å²) in [4.78, 5) is 3.61. The molecule has 0 bridgehead atoms. The van der Waals surface area contributed by atoms with Gasteiger partial charge in [0, 0.05) is 0 Å². The number of hydrogen-bond donors (Lipinski definition) is 1. The van der Waals surface area contributed by atoms with Crippen molar-refractivity contribution in [3.63, 3.8) is 0 Å². The van der Waals surface area contributed by atoms with Gasteiger partial charge < -0.3 is 10.3 Å². The van der Waals surface area contributed by atoms with Crippen molar-refractivity contribution in [2.45, 2.75) is 0 Å². The van der Waals surface area contributed by atoms with E-state index in [0.717, 1.165) is 0 Å². The fourth-order valence-electron chi connectivity index (χ4n) is 0.330. The van der Waals surface area contributed by atoms with Crippen molar-refractivity contribution < 1.29 is 4.52 Å². The molecule has 0 atom stereocenters. The summed E-state index contributed by atoms with van der Waals surface area (Å²) in [7, 11) is 0. The quantitative estimate of drug-likeness (QED) is 0.565. The summed E-state index contributed by atoms with van der Waals surface area (Å²) in [6, 6.07) is 0.0694. The lowest BCUT2D eigenvalue weighted by Crippen LogP contribution is -1.81. The Morgan fingerprint density at radius 3 is 2.75 bits per heavy atom. The highest BCUT2D eigenvalue weighted by atomic mass is 16.5. The minimum atomic E-state index is 0.0694. The Hall–Kier alpha value is -1.32. The molecule has 4 nitrogen and oxygen atoms in total. The van der Waals surface area contributed by atoms with Crippen LogP contribution < -0.4 is 5.73 Å². The van der Waals surface area contributed by atoms with Gasteiger partial charge in [-0.25, -0.2) is 0 Å². The number of nitrogens with two attached hydrogens (primary N) is 1. The molecule has 0 aliphatic carbocycles. The maximum atomic E-state index is 5.07. The van der Waals surface area contributed by atoms with E-state index in [2.05, 4.69) is 21.2 Å². The lowest BCUT2D eigenvalue weighted by Gasteiger charge is -1.67. The molecule has 0 aromatic carbocycles. The summed E-state index contributed by atoms with van der Waals surface area (Å²) in [5, 5.41) is 3.41. The maximum absolute atomic E-state index is 5.07. The molecular formula is C4H5N3O. The van der Waals surface area contributed by atoms with Gasteiger partial charge in [-0.3, -0.25) is 0 Å². The third-order valence-corrected chi connectivity index (χ3v) is 0.640. The highest BCUT2D eigenvalue weighted by Gasteiger charge is 1.93. The van der Waals surface area contributed by atoms with Crippen molar-refractivity contribution in [2.75, 3.05) is 5.73 Å². The predicted molar refractivity (Wildman–Crippen MR) is 28.8 cm³/mol. The fraction of sp³-hybridized carbons (Fsp3) is 0. The van der Waals surface area contributed by atoms with Crippen LogP contribution >= 0.6 is 0 Å². The molecule has 1 aromatic rings. The molecule has 0 radical (unpaired) electrons. The van der Waals surface area contributed by atoms with Crippen LogP contribution in [0.5, 0.6) is 0 Å². The molecule has 1 rings (SSSR count). The highest BCUT2D eigenvalue weighted by Crippen LogP contribution is 1.96. The first-order chi connectivity index (χ1) is 3.83. The molecule has 0 unspecified atom stereocenters. The fourth-order valence-corrected chi connectivity index (χ4v) is 0.330. The van der Waals surface area contributed by atoms with Crippen LogP contribution in [0.4, 0.5) is 6.01 Å². The molecule has 0 spiro atoms. The Kier molecular flexibility index (Phi) is 0.997. The average molecular weight is 111 g/mol. The van der Waals surface area contributed by atoms with E-state index in [1.54, 1.807) is 0 Å². The van der Waals surface area contributed by atoms with Crippen LogP contribution in [0.25, 0.3) is 6.08 Å². The summed E-state index contributed by atoms with van der Waals surface area (Å²) in [6.45, 7) is 3.40.